The van der Waals surface area contributed by atoms with Crippen LogP contribution in [-0.4, -0.2) is 11.7 Å². The number of ketones is 1. The molecule has 3 heteroatoms. The van der Waals surface area contributed by atoms with Crippen LogP contribution in [0.5, 0.6) is 0 Å². The van der Waals surface area contributed by atoms with Gasteiger partial charge in [0.1, 0.15) is 5.82 Å². The molecule has 0 saturated heterocycles. The molecule has 0 aliphatic heterocycles. The zero-order chi connectivity index (χ0) is 9.84. The third-order valence-corrected chi connectivity index (χ3v) is 1.95. The van der Waals surface area contributed by atoms with E-state index >= 15 is 0 Å². The third kappa shape index (κ3) is 3.15. The van der Waals surface area contributed by atoms with Gasteiger partial charge in [-0.1, -0.05) is 6.07 Å². The third-order valence-electron chi connectivity index (χ3n) is 1.65. The molecule has 0 heterocycles. The van der Waals surface area contributed by atoms with Gasteiger partial charge in [0.2, 0.25) is 0 Å². The van der Waals surface area contributed by atoms with Gasteiger partial charge in [0.15, 0.2) is 5.78 Å². The van der Waals surface area contributed by atoms with Crippen molar-refractivity contribution >= 4 is 17.4 Å². The van der Waals surface area contributed by atoms with Crippen LogP contribution >= 0.6 is 11.6 Å². The molecule has 0 atom stereocenters. The van der Waals surface area contributed by atoms with Gasteiger partial charge in [-0.3, -0.25) is 4.79 Å². The first-order chi connectivity index (χ1) is 6.11. The van der Waals surface area contributed by atoms with Gasteiger partial charge in [-0.2, -0.15) is 0 Å². The zero-order valence-corrected chi connectivity index (χ0v) is 8.07. The Hall–Kier alpha value is -0.890. The predicted octanol–water partition coefficient (Wildman–Crippen LogP) is 2.48. The second-order valence-corrected chi connectivity index (χ2v) is 3.25. The van der Waals surface area contributed by atoms with Gasteiger partial charge >= 0.3 is 0 Å². The van der Waals surface area contributed by atoms with Gasteiger partial charge in [0, 0.05) is 6.42 Å². The summed E-state index contributed by atoms with van der Waals surface area (Å²) in [5, 5.41) is 0. The van der Waals surface area contributed by atoms with Crippen molar-refractivity contribution in [2.45, 2.75) is 13.3 Å². The summed E-state index contributed by atoms with van der Waals surface area (Å²) < 4.78 is 12.8. The lowest BCUT2D eigenvalue weighted by atomic mass is 10.1. The molecule has 0 aliphatic carbocycles. The van der Waals surface area contributed by atoms with Gasteiger partial charge < -0.3 is 0 Å². The molecule has 0 bridgehead atoms. The summed E-state index contributed by atoms with van der Waals surface area (Å²) in [7, 11) is 0. The van der Waals surface area contributed by atoms with E-state index in [2.05, 4.69) is 0 Å². The second-order valence-electron chi connectivity index (χ2n) is 2.99. The molecule has 0 radical (unpaired) electrons. The van der Waals surface area contributed by atoms with E-state index in [0.29, 0.717) is 5.56 Å². The van der Waals surface area contributed by atoms with Gasteiger partial charge in [-0.15, -0.1) is 11.6 Å². The van der Waals surface area contributed by atoms with Crippen LogP contribution in [0.1, 0.15) is 11.1 Å². The van der Waals surface area contributed by atoms with Crippen LogP contribution in [0.4, 0.5) is 4.39 Å². The predicted molar refractivity (Wildman–Crippen MR) is 50.6 cm³/mol. The molecule has 1 aromatic rings. The molecule has 0 unspecified atom stereocenters. The van der Waals surface area contributed by atoms with E-state index in [1.54, 1.807) is 13.0 Å². The molecule has 0 spiro atoms. The first-order valence-corrected chi connectivity index (χ1v) is 4.49. The molecule has 0 aliphatic rings. The number of alkyl halides is 1. The van der Waals surface area contributed by atoms with Gasteiger partial charge in [0.25, 0.3) is 0 Å². The Morgan fingerprint density at radius 1 is 1.46 bits per heavy atom. The minimum absolute atomic E-state index is 0.0183. The Balaban J connectivity index is 2.83. The zero-order valence-electron chi connectivity index (χ0n) is 7.31. The highest BCUT2D eigenvalue weighted by atomic mass is 35.5. The van der Waals surface area contributed by atoms with Gasteiger partial charge in [-0.05, 0) is 30.2 Å². The Kier molecular flexibility index (Phi) is 3.43. The minimum Gasteiger partial charge on any atom is -0.298 e. The van der Waals surface area contributed by atoms with Crippen LogP contribution in [0.3, 0.4) is 0 Å². The number of aryl methyl sites for hydroxylation is 1. The first kappa shape index (κ1) is 10.2. The highest BCUT2D eigenvalue weighted by Gasteiger charge is 2.03. The lowest BCUT2D eigenvalue weighted by molar-refractivity contribution is -0.116. The summed E-state index contributed by atoms with van der Waals surface area (Å²) in [5.41, 5.74) is 1.50. The largest absolute Gasteiger partial charge is 0.298 e. The molecule has 70 valence electrons. The summed E-state index contributed by atoms with van der Waals surface area (Å²) in [6, 6.07) is 4.57. The molecule has 0 N–H and O–H groups in total. The van der Waals surface area contributed by atoms with E-state index in [0.717, 1.165) is 5.56 Å². The molecule has 13 heavy (non-hydrogen) atoms. The van der Waals surface area contributed by atoms with E-state index in [9.17, 15) is 9.18 Å². The second kappa shape index (κ2) is 4.38. The number of benzene rings is 1. The average Bonchev–Trinajstić information content (AvgIpc) is 2.02. The van der Waals surface area contributed by atoms with E-state index in [4.69, 9.17) is 11.6 Å². The van der Waals surface area contributed by atoms with Crippen molar-refractivity contribution in [3.63, 3.8) is 0 Å². The SMILES string of the molecule is Cc1cc(F)cc(CC(=O)CCl)c1. The van der Waals surface area contributed by atoms with Crippen LogP contribution in [0.15, 0.2) is 18.2 Å². The van der Waals surface area contributed by atoms with Gasteiger partial charge in [0.05, 0.1) is 5.88 Å². The number of halogens is 2. The first-order valence-electron chi connectivity index (χ1n) is 3.95. The summed E-state index contributed by atoms with van der Waals surface area (Å²) in [5.74, 6) is -0.417. The molecule has 0 saturated carbocycles. The number of Topliss-reactive ketones (excluding diaryl/α,β-unsaturated/α-hetero) is 1. The highest BCUT2D eigenvalue weighted by Crippen LogP contribution is 2.09. The van der Waals surface area contributed by atoms with E-state index in [1.807, 2.05) is 0 Å². The average molecular weight is 201 g/mol. The number of hydrogen-bond acceptors (Lipinski definition) is 1. The fraction of sp³-hybridized carbons (Fsp3) is 0.300. The van der Waals surface area contributed by atoms with E-state index in [-0.39, 0.29) is 23.9 Å². The Bertz CT molecular complexity index is 302. The normalized spacial score (nSPS) is 10.1. The Morgan fingerprint density at radius 3 is 2.69 bits per heavy atom. The molecule has 0 aromatic heterocycles. The molecular formula is C10H10ClFO. The highest BCUT2D eigenvalue weighted by molar-refractivity contribution is 6.27. The molecule has 1 nitrogen and oxygen atoms in total. The number of hydrogen-bond donors (Lipinski definition) is 0. The van der Waals surface area contributed by atoms with Crippen LogP contribution in [0.25, 0.3) is 0 Å². The molecule has 1 aromatic carbocycles. The van der Waals surface area contributed by atoms with Gasteiger partial charge in [-0.25, -0.2) is 4.39 Å². The number of rotatable bonds is 3. The lowest BCUT2D eigenvalue weighted by Crippen LogP contribution is -2.04. The van der Waals surface area contributed by atoms with Crippen LogP contribution in [0, 0.1) is 12.7 Å². The smallest absolute Gasteiger partial charge is 0.151 e. The van der Waals surface area contributed by atoms with Crippen LogP contribution in [-0.2, 0) is 11.2 Å². The Labute approximate surface area is 81.5 Å². The molecule has 1 rings (SSSR count). The van der Waals surface area contributed by atoms with E-state index < -0.39 is 0 Å². The fourth-order valence-corrected chi connectivity index (χ4v) is 1.28. The van der Waals surface area contributed by atoms with Crippen LogP contribution in [0.2, 0.25) is 0 Å². The molecule has 0 amide bonds. The van der Waals surface area contributed by atoms with Crippen molar-refractivity contribution in [1.29, 1.82) is 0 Å². The topological polar surface area (TPSA) is 17.1 Å². The van der Waals surface area contributed by atoms with Crippen LogP contribution < -0.4 is 0 Å². The maximum absolute atomic E-state index is 12.8. The summed E-state index contributed by atoms with van der Waals surface area (Å²) in [6.45, 7) is 1.79. The Morgan fingerprint density at radius 2 is 2.15 bits per heavy atom. The summed E-state index contributed by atoms with van der Waals surface area (Å²) in [6.07, 6.45) is 0.210. The quantitative estimate of drug-likeness (QED) is 0.686. The maximum Gasteiger partial charge on any atom is 0.151 e. The van der Waals surface area contributed by atoms with Crippen molar-refractivity contribution < 1.29 is 9.18 Å². The van der Waals surface area contributed by atoms with E-state index in [1.165, 1.54) is 12.1 Å². The number of carbonyl (C=O) groups excluding carboxylic acids is 1. The van der Waals surface area contributed by atoms with Crippen molar-refractivity contribution in [3.05, 3.63) is 35.1 Å². The standard InChI is InChI=1S/C10H10ClFO/c1-7-2-8(4-9(12)3-7)5-10(13)6-11/h2-4H,5-6H2,1H3. The van der Waals surface area contributed by atoms with Crippen molar-refractivity contribution in [2.24, 2.45) is 0 Å². The minimum atomic E-state index is -0.308. The van der Waals surface area contributed by atoms with Crippen molar-refractivity contribution in [3.8, 4) is 0 Å². The van der Waals surface area contributed by atoms with Crippen molar-refractivity contribution in [1.82, 2.24) is 0 Å². The van der Waals surface area contributed by atoms with Crippen molar-refractivity contribution in [2.75, 3.05) is 5.88 Å². The fourth-order valence-electron chi connectivity index (χ4n) is 1.19. The summed E-state index contributed by atoms with van der Waals surface area (Å²) >= 11 is 5.34. The lowest BCUT2D eigenvalue weighted by Gasteiger charge is -2.00. The maximum atomic E-state index is 12.8. The molecular weight excluding hydrogens is 191 g/mol. The molecule has 0 fully saturated rings. The monoisotopic (exact) mass is 200 g/mol. The summed E-state index contributed by atoms with van der Waals surface area (Å²) in [4.78, 5) is 10.9. The number of carbonyl (C=O) groups is 1.